The number of carbonyl (C=O) groups excluding carboxylic acids is 3. The molecule has 0 saturated carbocycles. The van der Waals surface area contributed by atoms with E-state index >= 15 is 0 Å². The molecule has 0 radical (unpaired) electrons. The zero-order valence-electron chi connectivity index (χ0n) is 24.2. The van der Waals surface area contributed by atoms with E-state index in [1.54, 1.807) is 35.7 Å². The molecule has 10 nitrogen and oxygen atoms in total. The minimum Gasteiger partial charge on any atom is -0.465 e. The van der Waals surface area contributed by atoms with Crippen molar-refractivity contribution in [2.45, 2.75) is 5.92 Å². The summed E-state index contributed by atoms with van der Waals surface area (Å²) in [7, 11) is 5.20. The molecule has 2 amide bonds. The molecular weight excluding hydrogens is 564 g/mol. The minimum atomic E-state index is -0.695. The number of nitrogens with one attached hydrogen (secondary N) is 1. The number of esters is 1. The third-order valence-corrected chi connectivity index (χ3v) is 8.81. The van der Waals surface area contributed by atoms with E-state index < -0.39 is 11.9 Å². The molecule has 0 spiro atoms. The Morgan fingerprint density at radius 1 is 1.05 bits per heavy atom. The zero-order chi connectivity index (χ0) is 30.1. The van der Waals surface area contributed by atoms with Crippen LogP contribution < -0.4 is 10.2 Å². The molecule has 4 aromatic rings. The molecular formula is C32H32N6O4S. The molecule has 1 aromatic heterocycles. The largest absolute Gasteiger partial charge is 0.465 e. The summed E-state index contributed by atoms with van der Waals surface area (Å²) in [4.78, 5) is 54.1. The van der Waals surface area contributed by atoms with Crippen LogP contribution in [0.1, 0.15) is 27.4 Å². The molecule has 1 unspecified atom stereocenters. The van der Waals surface area contributed by atoms with Gasteiger partial charge in [-0.2, -0.15) is 0 Å². The van der Waals surface area contributed by atoms with E-state index in [0.29, 0.717) is 29.2 Å². The van der Waals surface area contributed by atoms with Crippen LogP contribution >= 0.6 is 11.3 Å². The van der Waals surface area contributed by atoms with Crippen LogP contribution in [0.3, 0.4) is 0 Å². The maximum atomic E-state index is 13.4. The number of ether oxygens (including phenoxy) is 1. The number of amides is 2. The Hall–Kier alpha value is -4.45. The zero-order valence-corrected chi connectivity index (χ0v) is 25.1. The van der Waals surface area contributed by atoms with Gasteiger partial charge in [0, 0.05) is 44.6 Å². The molecule has 1 N–H and O–H groups in total. The number of hydrogen-bond acceptors (Lipinski definition) is 9. The highest BCUT2D eigenvalue weighted by Crippen LogP contribution is 2.38. The Bertz CT molecular complexity index is 1730. The summed E-state index contributed by atoms with van der Waals surface area (Å²) in [6.45, 7) is 4.04. The quantitative estimate of drug-likeness (QED) is 0.252. The molecule has 2 aliphatic rings. The first-order valence-electron chi connectivity index (χ1n) is 14.0. The third kappa shape index (κ3) is 5.92. The smallest absolute Gasteiger partial charge is 0.337 e. The van der Waals surface area contributed by atoms with Crippen LogP contribution in [0, 0.1) is 0 Å². The first-order valence-corrected chi connectivity index (χ1v) is 14.9. The van der Waals surface area contributed by atoms with Gasteiger partial charge in [0.05, 0.1) is 46.3 Å². The normalized spacial score (nSPS) is 17.5. The van der Waals surface area contributed by atoms with E-state index in [-0.39, 0.29) is 11.8 Å². The monoisotopic (exact) mass is 596 g/mol. The highest BCUT2D eigenvalue weighted by atomic mass is 32.1. The number of thiazole rings is 1. The predicted molar refractivity (Wildman–Crippen MR) is 169 cm³/mol. The topological polar surface area (TPSA) is 107 Å². The number of rotatable bonds is 7. The summed E-state index contributed by atoms with van der Waals surface area (Å²) < 4.78 is 5.84. The van der Waals surface area contributed by atoms with E-state index in [1.165, 1.54) is 18.4 Å². The molecule has 2 aliphatic heterocycles. The Morgan fingerprint density at radius 2 is 1.79 bits per heavy atom. The van der Waals surface area contributed by atoms with Gasteiger partial charge in [0.15, 0.2) is 0 Å². The van der Waals surface area contributed by atoms with E-state index in [0.717, 1.165) is 53.2 Å². The van der Waals surface area contributed by atoms with Crippen molar-refractivity contribution in [3.05, 3.63) is 82.9 Å². The van der Waals surface area contributed by atoms with Gasteiger partial charge in [-0.25, -0.2) is 9.78 Å². The van der Waals surface area contributed by atoms with Crippen molar-refractivity contribution < 1.29 is 19.1 Å². The maximum Gasteiger partial charge on any atom is 0.337 e. The molecule has 3 heterocycles. The average Bonchev–Trinajstić information content (AvgIpc) is 3.63. The number of anilines is 2. The number of fused-ring (bicyclic) bond motifs is 2. The van der Waals surface area contributed by atoms with Crippen molar-refractivity contribution >= 4 is 62.1 Å². The van der Waals surface area contributed by atoms with Crippen molar-refractivity contribution in [3.63, 3.8) is 0 Å². The van der Waals surface area contributed by atoms with Crippen molar-refractivity contribution in [1.29, 1.82) is 0 Å². The van der Waals surface area contributed by atoms with Crippen LogP contribution in [0.5, 0.6) is 0 Å². The molecule has 0 bridgehead atoms. The van der Waals surface area contributed by atoms with Gasteiger partial charge >= 0.3 is 5.97 Å². The second-order valence-corrected chi connectivity index (χ2v) is 11.7. The fourth-order valence-corrected chi connectivity index (χ4v) is 6.14. The molecule has 1 saturated heterocycles. The van der Waals surface area contributed by atoms with Crippen LogP contribution in [0.25, 0.3) is 10.2 Å². The Labute approximate surface area is 253 Å². The number of hydrogen-bond donors (Lipinski definition) is 1. The van der Waals surface area contributed by atoms with Gasteiger partial charge in [-0.1, -0.05) is 12.1 Å². The lowest BCUT2D eigenvalue weighted by Gasteiger charge is -2.32. The highest BCUT2D eigenvalue weighted by Gasteiger charge is 2.36. The number of methoxy groups -OCH3 is 1. The van der Waals surface area contributed by atoms with Crippen molar-refractivity contribution in [3.8, 4) is 0 Å². The van der Waals surface area contributed by atoms with Gasteiger partial charge in [0.1, 0.15) is 5.92 Å². The molecule has 43 heavy (non-hydrogen) atoms. The van der Waals surface area contributed by atoms with Gasteiger partial charge in [0.2, 0.25) is 11.8 Å². The standard InChI is InChI=1S/C32H32N6O4S/c1-36-12-14-38(15-13-36)18-28(39)37(2)23-8-6-22(7-9-23)34-30(20-5-11-25-27(17-20)43-19-33-25)29-24-10-4-21(32(41)42-3)16-26(24)35-31(29)40/h4-11,16-17,19,29H,12-15,18H2,1-3H3,(H,35,40). The number of aliphatic imine (C=N–C) groups is 1. The van der Waals surface area contributed by atoms with E-state index in [4.69, 9.17) is 9.73 Å². The predicted octanol–water partition coefficient (Wildman–Crippen LogP) is 4.15. The lowest BCUT2D eigenvalue weighted by molar-refractivity contribution is -0.120. The lowest BCUT2D eigenvalue weighted by atomic mass is 9.90. The molecule has 3 aromatic carbocycles. The first-order chi connectivity index (χ1) is 20.8. The molecule has 220 valence electrons. The molecule has 0 aliphatic carbocycles. The third-order valence-electron chi connectivity index (χ3n) is 8.02. The Balaban J connectivity index is 1.31. The van der Waals surface area contributed by atoms with Gasteiger partial charge < -0.3 is 19.9 Å². The van der Waals surface area contributed by atoms with Crippen molar-refractivity contribution in [1.82, 2.24) is 14.8 Å². The van der Waals surface area contributed by atoms with Gasteiger partial charge in [-0.3, -0.25) is 19.5 Å². The maximum absolute atomic E-state index is 13.4. The number of piperazine rings is 1. The summed E-state index contributed by atoms with van der Waals surface area (Å²) in [6.07, 6.45) is 0. The fraction of sp³-hybridized carbons (Fsp3) is 0.281. The molecule has 1 atom stereocenters. The Kier molecular flexibility index (Phi) is 8.02. The number of benzene rings is 3. The summed E-state index contributed by atoms with van der Waals surface area (Å²) in [5.74, 6) is -1.37. The number of likely N-dealkylation sites (N-methyl/N-ethyl adjacent to an activating group) is 2. The van der Waals surface area contributed by atoms with Crippen LogP contribution in [0.4, 0.5) is 17.1 Å². The number of aromatic nitrogens is 1. The van der Waals surface area contributed by atoms with Crippen LogP contribution in [0.2, 0.25) is 0 Å². The van der Waals surface area contributed by atoms with Gasteiger partial charge in [-0.15, -0.1) is 11.3 Å². The van der Waals surface area contributed by atoms with Gasteiger partial charge in [-0.05, 0) is 66.7 Å². The molecule has 1 fully saturated rings. The highest BCUT2D eigenvalue weighted by molar-refractivity contribution is 7.16. The summed E-state index contributed by atoms with van der Waals surface area (Å²) >= 11 is 1.52. The second-order valence-electron chi connectivity index (χ2n) is 10.8. The average molecular weight is 597 g/mol. The van der Waals surface area contributed by atoms with Crippen LogP contribution in [-0.4, -0.2) is 92.2 Å². The van der Waals surface area contributed by atoms with E-state index in [1.807, 2.05) is 42.5 Å². The first kappa shape index (κ1) is 28.7. The fourth-order valence-electron chi connectivity index (χ4n) is 5.43. The molecule has 11 heteroatoms. The van der Waals surface area contributed by atoms with Gasteiger partial charge in [0.25, 0.3) is 0 Å². The van der Waals surface area contributed by atoms with Crippen LogP contribution in [0.15, 0.2) is 71.2 Å². The second kappa shape index (κ2) is 12.0. The van der Waals surface area contributed by atoms with E-state index in [9.17, 15) is 14.4 Å². The van der Waals surface area contributed by atoms with Crippen molar-refractivity contribution in [2.24, 2.45) is 4.99 Å². The van der Waals surface area contributed by atoms with E-state index in [2.05, 4.69) is 27.1 Å². The minimum absolute atomic E-state index is 0.0323. The summed E-state index contributed by atoms with van der Waals surface area (Å²) in [5.41, 5.74) is 7.09. The number of carbonyl (C=O) groups is 3. The Morgan fingerprint density at radius 3 is 2.53 bits per heavy atom. The lowest BCUT2D eigenvalue weighted by Crippen LogP contribution is -2.48. The van der Waals surface area contributed by atoms with Crippen LogP contribution in [-0.2, 0) is 14.3 Å². The number of nitrogens with zero attached hydrogens (tertiary/aromatic N) is 5. The molecule has 6 rings (SSSR count). The van der Waals surface area contributed by atoms with Crippen molar-refractivity contribution in [2.75, 3.05) is 64.1 Å². The summed E-state index contributed by atoms with van der Waals surface area (Å²) in [5, 5.41) is 2.92. The summed E-state index contributed by atoms with van der Waals surface area (Å²) in [6, 6.07) is 18.4. The SMILES string of the molecule is COC(=O)c1ccc2c(c1)NC(=O)C2C(=Nc1ccc(N(C)C(=O)CN2CCN(C)CC2)cc1)c1ccc2ncsc2c1.